The average molecular weight is 403 g/mol. The molecule has 3 aromatic heterocycles. The fourth-order valence-corrected chi connectivity index (χ4v) is 3.92. The van der Waals surface area contributed by atoms with E-state index in [1.165, 1.54) is 0 Å². The lowest BCUT2D eigenvalue weighted by Gasteiger charge is -2.16. The number of nitrogens with one attached hydrogen (secondary N) is 2. The molecule has 5 rings (SSSR count). The first kappa shape index (κ1) is 18.6. The van der Waals surface area contributed by atoms with E-state index in [0.717, 1.165) is 50.6 Å². The number of aryl methyl sites for hydroxylation is 2. The minimum Gasteiger partial charge on any atom is -0.473 e. The highest BCUT2D eigenvalue weighted by Gasteiger charge is 2.18. The van der Waals surface area contributed by atoms with E-state index in [-0.39, 0.29) is 6.10 Å². The molecule has 4 aromatic rings. The highest BCUT2D eigenvalue weighted by Crippen LogP contribution is 2.33. The van der Waals surface area contributed by atoms with Crippen LogP contribution in [-0.2, 0) is 20.6 Å². The van der Waals surface area contributed by atoms with Gasteiger partial charge in [0.05, 0.1) is 28.7 Å². The number of hydrogen-bond donors (Lipinski definition) is 2. The number of fused-ring (bicyclic) bond motifs is 4. The molecule has 2 bridgehead atoms. The van der Waals surface area contributed by atoms with E-state index in [0.29, 0.717) is 13.1 Å². The number of rotatable bonds is 0. The van der Waals surface area contributed by atoms with Crippen molar-refractivity contribution < 1.29 is 4.74 Å². The normalized spacial score (nSPS) is 17.8. The zero-order chi connectivity index (χ0) is 20.8. The monoisotopic (exact) mass is 403 g/mol. The molecule has 0 unspecified atom stereocenters. The van der Waals surface area contributed by atoms with Crippen LogP contribution in [0.5, 0.6) is 5.88 Å². The van der Waals surface area contributed by atoms with Crippen LogP contribution in [0.1, 0.15) is 29.6 Å². The van der Waals surface area contributed by atoms with Crippen molar-refractivity contribution in [1.29, 1.82) is 0 Å². The van der Waals surface area contributed by atoms with E-state index in [4.69, 9.17) is 4.74 Å². The van der Waals surface area contributed by atoms with Crippen molar-refractivity contribution in [3.05, 3.63) is 47.0 Å². The topological polar surface area (TPSA) is 85.6 Å². The molecule has 8 nitrogen and oxygen atoms in total. The summed E-state index contributed by atoms with van der Waals surface area (Å²) in [4.78, 5) is 0. The number of hydrogen-bond acceptors (Lipinski definition) is 5. The zero-order valence-corrected chi connectivity index (χ0v) is 17.6. The summed E-state index contributed by atoms with van der Waals surface area (Å²) in [5.41, 5.74) is 7.16. The Morgan fingerprint density at radius 3 is 2.90 bits per heavy atom. The molecular weight excluding hydrogens is 378 g/mol. The largest absolute Gasteiger partial charge is 0.473 e. The second-order valence-corrected chi connectivity index (χ2v) is 7.82. The predicted molar refractivity (Wildman–Crippen MR) is 117 cm³/mol. The van der Waals surface area contributed by atoms with Gasteiger partial charge < -0.3 is 10.1 Å². The standard InChI is InChI=1S/C22H25N7O/c1-13-10-23-12-21-16(14(2)28(3)27-21)6-8-20-17-9-15(5-7-19(17)25-26-20)18-11-24-29(4)22(18)30-13/h5-9,11,13,23H,10,12H2,1-4H3,(H,25,26)/b8-6+/t13-/m0/s1. The number of H-pyrrole nitrogens is 1. The van der Waals surface area contributed by atoms with Crippen LogP contribution < -0.4 is 10.1 Å². The number of benzene rings is 1. The summed E-state index contributed by atoms with van der Waals surface area (Å²) in [7, 11) is 3.88. The third-order valence-electron chi connectivity index (χ3n) is 5.69. The summed E-state index contributed by atoms with van der Waals surface area (Å²) in [5.74, 6) is 0.758. The fourth-order valence-electron chi connectivity index (χ4n) is 3.92. The van der Waals surface area contributed by atoms with E-state index >= 15 is 0 Å². The van der Waals surface area contributed by atoms with E-state index in [9.17, 15) is 0 Å². The van der Waals surface area contributed by atoms with Gasteiger partial charge in [-0.05, 0) is 43.7 Å². The van der Waals surface area contributed by atoms with Crippen molar-refractivity contribution in [2.24, 2.45) is 14.1 Å². The summed E-state index contributed by atoms with van der Waals surface area (Å²) >= 11 is 0. The lowest BCUT2D eigenvalue weighted by Crippen LogP contribution is -2.29. The number of aromatic nitrogens is 6. The van der Waals surface area contributed by atoms with Gasteiger partial charge in [0, 0.05) is 43.8 Å². The maximum absolute atomic E-state index is 6.28. The summed E-state index contributed by atoms with van der Waals surface area (Å²) in [6, 6.07) is 6.26. The summed E-state index contributed by atoms with van der Waals surface area (Å²) in [6.45, 7) is 5.51. The van der Waals surface area contributed by atoms with E-state index in [1.54, 1.807) is 4.68 Å². The maximum atomic E-state index is 6.28. The minimum atomic E-state index is -0.0266. The van der Waals surface area contributed by atoms with Crippen LogP contribution in [0.3, 0.4) is 0 Å². The third kappa shape index (κ3) is 3.09. The highest BCUT2D eigenvalue weighted by molar-refractivity contribution is 5.93. The molecule has 0 saturated carbocycles. The minimum absolute atomic E-state index is 0.0266. The first-order valence-electron chi connectivity index (χ1n) is 10.1. The quantitative estimate of drug-likeness (QED) is 0.471. The van der Waals surface area contributed by atoms with Gasteiger partial charge in [-0.25, -0.2) is 4.68 Å². The average Bonchev–Trinajstić information content (AvgIpc) is 3.37. The smallest absolute Gasteiger partial charge is 0.219 e. The van der Waals surface area contributed by atoms with Gasteiger partial charge >= 0.3 is 0 Å². The molecule has 1 atom stereocenters. The van der Waals surface area contributed by atoms with Gasteiger partial charge in [-0.1, -0.05) is 6.07 Å². The lowest BCUT2D eigenvalue weighted by atomic mass is 10.0. The molecule has 0 aliphatic carbocycles. The number of aromatic amines is 1. The summed E-state index contributed by atoms with van der Waals surface area (Å²) in [6.07, 6.45) is 5.99. The van der Waals surface area contributed by atoms with Gasteiger partial charge in [-0.15, -0.1) is 0 Å². The molecule has 0 fully saturated rings. The van der Waals surface area contributed by atoms with Crippen LogP contribution in [0, 0.1) is 6.92 Å². The molecule has 154 valence electrons. The van der Waals surface area contributed by atoms with E-state index in [2.05, 4.69) is 69.9 Å². The Morgan fingerprint density at radius 2 is 2.03 bits per heavy atom. The second-order valence-electron chi connectivity index (χ2n) is 7.82. The maximum Gasteiger partial charge on any atom is 0.219 e. The van der Waals surface area contributed by atoms with Gasteiger partial charge in [0.2, 0.25) is 5.88 Å². The Balaban J connectivity index is 1.68. The van der Waals surface area contributed by atoms with Crippen LogP contribution in [-0.4, -0.2) is 42.4 Å². The van der Waals surface area contributed by atoms with Crippen LogP contribution >= 0.6 is 0 Å². The fraction of sp³-hybridized carbons (Fsp3) is 0.318. The van der Waals surface area contributed by atoms with Crippen LogP contribution in [0.2, 0.25) is 0 Å². The molecule has 1 aliphatic rings. The number of nitrogens with zero attached hydrogens (tertiary/aromatic N) is 5. The summed E-state index contributed by atoms with van der Waals surface area (Å²) < 4.78 is 9.98. The molecule has 30 heavy (non-hydrogen) atoms. The Bertz CT molecular complexity index is 1260. The van der Waals surface area contributed by atoms with Gasteiger partial charge in [0.15, 0.2) is 0 Å². The van der Waals surface area contributed by atoms with Crippen molar-refractivity contribution in [3.63, 3.8) is 0 Å². The predicted octanol–water partition coefficient (Wildman–Crippen LogP) is 3.05. The molecule has 0 radical (unpaired) electrons. The molecule has 8 heteroatoms. The van der Waals surface area contributed by atoms with Crippen molar-refractivity contribution in [2.75, 3.05) is 6.54 Å². The molecule has 2 N–H and O–H groups in total. The lowest BCUT2D eigenvalue weighted by molar-refractivity contribution is 0.199. The number of ether oxygens (including phenoxy) is 1. The van der Waals surface area contributed by atoms with E-state index < -0.39 is 0 Å². The van der Waals surface area contributed by atoms with Gasteiger partial charge in [0.25, 0.3) is 0 Å². The van der Waals surface area contributed by atoms with Gasteiger partial charge in [-0.3, -0.25) is 9.78 Å². The Morgan fingerprint density at radius 1 is 1.17 bits per heavy atom. The first-order valence-corrected chi connectivity index (χ1v) is 10.1. The first-order chi connectivity index (χ1) is 14.5. The van der Waals surface area contributed by atoms with Crippen molar-refractivity contribution in [3.8, 4) is 17.0 Å². The van der Waals surface area contributed by atoms with Crippen molar-refractivity contribution in [1.82, 2.24) is 35.1 Å². The van der Waals surface area contributed by atoms with Gasteiger partial charge in [-0.2, -0.15) is 15.3 Å². The second kappa shape index (κ2) is 7.14. The van der Waals surface area contributed by atoms with E-state index in [1.807, 2.05) is 25.0 Å². The highest BCUT2D eigenvalue weighted by atomic mass is 16.5. The third-order valence-corrected chi connectivity index (χ3v) is 5.69. The molecular formula is C22H25N7O. The van der Waals surface area contributed by atoms with Crippen molar-refractivity contribution >= 4 is 23.1 Å². The van der Waals surface area contributed by atoms with Crippen LogP contribution in [0.25, 0.3) is 34.2 Å². The van der Waals surface area contributed by atoms with Crippen LogP contribution in [0.4, 0.5) is 0 Å². The molecule has 1 aromatic carbocycles. The zero-order valence-electron chi connectivity index (χ0n) is 17.6. The molecule has 0 spiro atoms. The Kier molecular flexibility index (Phi) is 4.43. The molecule has 0 amide bonds. The molecule has 4 heterocycles. The Hall–Kier alpha value is -3.39. The van der Waals surface area contributed by atoms with Crippen LogP contribution in [0.15, 0.2) is 24.4 Å². The summed E-state index contributed by atoms with van der Waals surface area (Å²) in [5, 5.41) is 21.3. The SMILES string of the molecule is Cc1c2c(nn1C)CNC[C@H](C)Oc1c(cnn1C)-c1ccc3[nH]nc(c3c1)/C=C/2. The van der Waals surface area contributed by atoms with Gasteiger partial charge in [0.1, 0.15) is 6.10 Å². The molecule has 1 aliphatic heterocycles. The Labute approximate surface area is 174 Å². The molecule has 0 saturated heterocycles. The van der Waals surface area contributed by atoms with Crippen molar-refractivity contribution in [2.45, 2.75) is 26.5 Å².